The van der Waals surface area contributed by atoms with Gasteiger partial charge in [-0.25, -0.2) is 9.18 Å². The van der Waals surface area contributed by atoms with E-state index in [1.165, 1.54) is 39.9 Å². The minimum absolute atomic E-state index is 0.0621. The number of carbonyl (C=O) groups is 4. The van der Waals surface area contributed by atoms with Gasteiger partial charge < -0.3 is 21.1 Å². The molecule has 12 heteroatoms. The molecule has 4 N–H and O–H groups in total. The monoisotopic (exact) mass is 531 g/mol. The fourth-order valence-corrected chi connectivity index (χ4v) is 3.93. The Kier molecular flexibility index (Phi) is 8.17. The number of aromatic carboxylic acids is 1. The van der Waals surface area contributed by atoms with Crippen molar-refractivity contribution in [2.45, 2.75) is 45.8 Å². The Bertz CT molecular complexity index is 1390. The number of aromatic nitrogens is 2. The SMILES string of the molecule is CCC(C)(C)N(CC(=O)NCc1cccc(Cl)c1F)C(=O)Cn1nc(C(N)=O)c2cc(C(=O)O)ccc21. The molecule has 0 aliphatic rings. The molecule has 0 spiro atoms. The number of carbonyl (C=O) groups excluding carboxylic acids is 3. The number of nitrogens with zero attached hydrogens (tertiary/aromatic N) is 3. The van der Waals surface area contributed by atoms with E-state index in [1.54, 1.807) is 19.9 Å². The first-order valence-corrected chi connectivity index (χ1v) is 11.8. The second-order valence-electron chi connectivity index (χ2n) is 9.04. The zero-order valence-electron chi connectivity index (χ0n) is 20.5. The Labute approximate surface area is 217 Å². The highest BCUT2D eigenvalue weighted by atomic mass is 35.5. The topological polar surface area (TPSA) is 148 Å². The molecule has 3 aromatic rings. The van der Waals surface area contributed by atoms with Crippen LogP contribution in [-0.4, -0.2) is 55.6 Å². The molecule has 1 aromatic heterocycles. The van der Waals surface area contributed by atoms with Gasteiger partial charge in [0.2, 0.25) is 11.8 Å². The van der Waals surface area contributed by atoms with Crippen molar-refractivity contribution in [1.29, 1.82) is 0 Å². The van der Waals surface area contributed by atoms with Crippen LogP contribution in [0.15, 0.2) is 36.4 Å². The van der Waals surface area contributed by atoms with E-state index in [0.29, 0.717) is 11.9 Å². The van der Waals surface area contributed by atoms with Gasteiger partial charge >= 0.3 is 5.97 Å². The van der Waals surface area contributed by atoms with Crippen LogP contribution >= 0.6 is 11.6 Å². The normalized spacial score (nSPS) is 11.4. The summed E-state index contributed by atoms with van der Waals surface area (Å²) in [6, 6.07) is 8.49. The summed E-state index contributed by atoms with van der Waals surface area (Å²) in [4.78, 5) is 50.8. The van der Waals surface area contributed by atoms with Gasteiger partial charge in [0.05, 0.1) is 16.1 Å². The van der Waals surface area contributed by atoms with E-state index in [1.807, 2.05) is 6.92 Å². The van der Waals surface area contributed by atoms with Crippen molar-refractivity contribution in [2.75, 3.05) is 6.54 Å². The van der Waals surface area contributed by atoms with Crippen molar-refractivity contribution in [1.82, 2.24) is 20.0 Å². The Balaban J connectivity index is 1.85. The standard InChI is InChI=1S/C25H27ClFN5O5/c1-4-25(2,3)31(12-19(33)29-11-15-6-5-7-17(26)21(15)27)20(34)13-32-18-9-8-14(24(36)37)10-16(18)22(30-32)23(28)35/h5-10H,4,11-13H2,1-3H3,(H2,28,35)(H,29,33)(H,36,37). The lowest BCUT2D eigenvalue weighted by atomic mass is 9.99. The Morgan fingerprint density at radius 2 is 1.92 bits per heavy atom. The third-order valence-electron chi connectivity index (χ3n) is 6.22. The number of fused-ring (bicyclic) bond motifs is 1. The first-order valence-electron chi connectivity index (χ1n) is 11.4. The van der Waals surface area contributed by atoms with Crippen molar-refractivity contribution in [3.05, 3.63) is 64.1 Å². The summed E-state index contributed by atoms with van der Waals surface area (Å²) in [7, 11) is 0. The molecule has 3 rings (SSSR count). The van der Waals surface area contributed by atoms with E-state index in [-0.39, 0.29) is 46.9 Å². The second kappa shape index (κ2) is 11.0. The first kappa shape index (κ1) is 27.6. The summed E-state index contributed by atoms with van der Waals surface area (Å²) in [5.74, 6) is -3.69. The molecule has 1 heterocycles. The number of nitrogens with two attached hydrogens (primary N) is 1. The Hall–Kier alpha value is -3.99. The van der Waals surface area contributed by atoms with E-state index >= 15 is 0 Å². The number of amides is 3. The van der Waals surface area contributed by atoms with Crippen LogP contribution in [0.2, 0.25) is 5.02 Å². The van der Waals surface area contributed by atoms with Gasteiger partial charge in [0, 0.05) is 23.0 Å². The lowest BCUT2D eigenvalue weighted by Gasteiger charge is -2.37. The van der Waals surface area contributed by atoms with Gasteiger partial charge in [-0.05, 0) is 44.5 Å². The Morgan fingerprint density at radius 1 is 1.22 bits per heavy atom. The van der Waals surface area contributed by atoms with Crippen LogP contribution in [0.1, 0.15) is 53.6 Å². The highest BCUT2D eigenvalue weighted by molar-refractivity contribution is 6.30. The van der Waals surface area contributed by atoms with Crippen LogP contribution in [0.25, 0.3) is 10.9 Å². The lowest BCUT2D eigenvalue weighted by molar-refractivity contribution is -0.142. The molecular formula is C25H27ClFN5O5. The molecule has 0 bridgehead atoms. The van der Waals surface area contributed by atoms with Crippen LogP contribution in [0.3, 0.4) is 0 Å². The molecule has 37 heavy (non-hydrogen) atoms. The number of hydrogen-bond acceptors (Lipinski definition) is 5. The second-order valence-corrected chi connectivity index (χ2v) is 9.45. The van der Waals surface area contributed by atoms with Gasteiger partial charge in [-0.15, -0.1) is 0 Å². The summed E-state index contributed by atoms with van der Waals surface area (Å²) < 4.78 is 15.4. The van der Waals surface area contributed by atoms with E-state index in [0.717, 1.165) is 0 Å². The van der Waals surface area contributed by atoms with Crippen LogP contribution < -0.4 is 11.1 Å². The summed E-state index contributed by atoms with van der Waals surface area (Å²) >= 11 is 5.79. The predicted molar refractivity (Wildman–Crippen MR) is 135 cm³/mol. The summed E-state index contributed by atoms with van der Waals surface area (Å²) in [6.07, 6.45) is 0.517. The minimum Gasteiger partial charge on any atom is -0.478 e. The average Bonchev–Trinajstić information content (AvgIpc) is 3.21. The molecule has 0 unspecified atom stereocenters. The van der Waals surface area contributed by atoms with Crippen molar-refractivity contribution in [3.63, 3.8) is 0 Å². The van der Waals surface area contributed by atoms with Gasteiger partial charge in [-0.2, -0.15) is 5.10 Å². The number of hydrogen-bond donors (Lipinski definition) is 3. The van der Waals surface area contributed by atoms with Crippen LogP contribution in [0.4, 0.5) is 4.39 Å². The molecule has 0 radical (unpaired) electrons. The molecule has 0 aliphatic carbocycles. The quantitative estimate of drug-likeness (QED) is 0.366. The van der Waals surface area contributed by atoms with Gasteiger partial charge in [0.1, 0.15) is 18.9 Å². The van der Waals surface area contributed by atoms with Crippen LogP contribution in [-0.2, 0) is 22.7 Å². The molecule has 3 amide bonds. The molecular weight excluding hydrogens is 505 g/mol. The van der Waals surface area contributed by atoms with Crippen LogP contribution in [0.5, 0.6) is 0 Å². The third kappa shape index (κ3) is 6.05. The van der Waals surface area contributed by atoms with Gasteiger partial charge in [-0.1, -0.05) is 30.7 Å². The van der Waals surface area contributed by atoms with Crippen molar-refractivity contribution in [3.8, 4) is 0 Å². The van der Waals surface area contributed by atoms with E-state index < -0.39 is 35.0 Å². The van der Waals surface area contributed by atoms with Crippen molar-refractivity contribution < 1.29 is 28.7 Å². The highest BCUT2D eigenvalue weighted by Gasteiger charge is 2.32. The van der Waals surface area contributed by atoms with Gasteiger partial charge in [0.25, 0.3) is 5.91 Å². The molecule has 0 fully saturated rings. The maximum Gasteiger partial charge on any atom is 0.335 e. The molecule has 0 aliphatic heterocycles. The number of nitrogens with one attached hydrogen (secondary N) is 1. The van der Waals surface area contributed by atoms with E-state index in [2.05, 4.69) is 10.4 Å². The van der Waals surface area contributed by atoms with E-state index in [4.69, 9.17) is 17.3 Å². The number of carboxylic acids is 1. The fourth-order valence-electron chi connectivity index (χ4n) is 3.74. The van der Waals surface area contributed by atoms with Gasteiger partial charge in [-0.3, -0.25) is 19.1 Å². The number of halogens is 2. The predicted octanol–water partition coefficient (Wildman–Crippen LogP) is 2.96. The number of primary amides is 1. The zero-order valence-corrected chi connectivity index (χ0v) is 21.3. The molecule has 0 atom stereocenters. The zero-order chi connectivity index (χ0) is 27.5. The van der Waals surface area contributed by atoms with Gasteiger partial charge in [0.15, 0.2) is 5.69 Å². The van der Waals surface area contributed by atoms with Crippen molar-refractivity contribution in [2.24, 2.45) is 5.73 Å². The maximum absolute atomic E-state index is 14.2. The summed E-state index contributed by atoms with van der Waals surface area (Å²) in [6.45, 7) is 4.69. The summed E-state index contributed by atoms with van der Waals surface area (Å²) in [5, 5.41) is 16.2. The largest absolute Gasteiger partial charge is 0.478 e. The summed E-state index contributed by atoms with van der Waals surface area (Å²) in [5.41, 5.74) is 4.99. The minimum atomic E-state index is -1.19. The molecule has 0 saturated carbocycles. The lowest BCUT2D eigenvalue weighted by Crippen LogP contribution is -2.52. The molecule has 2 aromatic carbocycles. The molecule has 196 valence electrons. The highest BCUT2D eigenvalue weighted by Crippen LogP contribution is 2.23. The molecule has 0 saturated heterocycles. The first-order chi connectivity index (χ1) is 17.4. The maximum atomic E-state index is 14.2. The number of benzene rings is 2. The average molecular weight is 532 g/mol. The molecule has 10 nitrogen and oxygen atoms in total. The van der Waals surface area contributed by atoms with Crippen molar-refractivity contribution >= 4 is 46.2 Å². The van der Waals surface area contributed by atoms with E-state index in [9.17, 15) is 28.7 Å². The number of carboxylic acid groups (broad SMARTS) is 1. The number of rotatable bonds is 10. The third-order valence-corrected chi connectivity index (χ3v) is 6.51. The fraction of sp³-hybridized carbons (Fsp3) is 0.320. The smallest absolute Gasteiger partial charge is 0.335 e. The Morgan fingerprint density at radius 3 is 2.54 bits per heavy atom. The van der Waals surface area contributed by atoms with Crippen LogP contribution in [0, 0.1) is 5.82 Å².